The zero-order valence-electron chi connectivity index (χ0n) is 10.4. The Morgan fingerprint density at radius 1 is 1.06 bits per heavy atom. The van der Waals surface area contributed by atoms with Crippen LogP contribution >= 0.6 is 0 Å². The summed E-state index contributed by atoms with van der Waals surface area (Å²) < 4.78 is 5.38. The number of β-amino-alcohol motifs (C(OH)–C–C–N with tert-alkyl or cyclic N) is 1. The Balaban J connectivity index is 1.80. The molecular weight excluding hydrogens is 202 g/mol. The van der Waals surface area contributed by atoms with Crippen molar-refractivity contribution >= 4 is 0 Å². The molecule has 0 radical (unpaired) electrons. The molecule has 1 aliphatic carbocycles. The third-order valence-corrected chi connectivity index (χ3v) is 4.22. The van der Waals surface area contributed by atoms with E-state index in [-0.39, 0.29) is 5.54 Å². The van der Waals surface area contributed by atoms with Gasteiger partial charge in [-0.05, 0) is 32.6 Å². The maximum atomic E-state index is 10.4. The fourth-order valence-electron chi connectivity index (χ4n) is 2.76. The fourth-order valence-corrected chi connectivity index (χ4v) is 2.76. The molecule has 3 nitrogen and oxygen atoms in total. The lowest BCUT2D eigenvalue weighted by Gasteiger charge is -2.39. The maximum absolute atomic E-state index is 10.4. The minimum atomic E-state index is -0.445. The van der Waals surface area contributed by atoms with Crippen molar-refractivity contribution in [3.63, 3.8) is 0 Å². The Bertz CT molecular complexity index is 194. The Kier molecular flexibility index (Phi) is 3.88. The Hall–Kier alpha value is -0.120. The van der Waals surface area contributed by atoms with Crippen LogP contribution in [0.4, 0.5) is 0 Å². The van der Waals surface area contributed by atoms with Crippen molar-refractivity contribution in [2.75, 3.05) is 19.8 Å². The van der Waals surface area contributed by atoms with Crippen LogP contribution in [0.15, 0.2) is 0 Å². The van der Waals surface area contributed by atoms with Crippen molar-refractivity contribution in [1.82, 2.24) is 5.32 Å². The number of rotatable bonds is 3. The predicted octanol–water partition coefficient (Wildman–Crippen LogP) is 1.84. The van der Waals surface area contributed by atoms with Gasteiger partial charge in [-0.1, -0.05) is 19.3 Å². The molecule has 2 rings (SSSR count). The summed E-state index contributed by atoms with van der Waals surface area (Å²) >= 11 is 0. The maximum Gasteiger partial charge on any atom is 0.0771 e. The lowest BCUT2D eigenvalue weighted by molar-refractivity contribution is -0.0141. The minimum absolute atomic E-state index is 0.172. The van der Waals surface area contributed by atoms with Crippen molar-refractivity contribution < 1.29 is 9.84 Å². The van der Waals surface area contributed by atoms with Crippen molar-refractivity contribution in [1.29, 1.82) is 0 Å². The van der Waals surface area contributed by atoms with Crippen LogP contribution in [0.1, 0.15) is 51.9 Å². The third kappa shape index (κ3) is 3.19. The highest BCUT2D eigenvalue weighted by molar-refractivity contribution is 4.91. The normalized spacial score (nSPS) is 28.9. The smallest absolute Gasteiger partial charge is 0.0771 e. The van der Waals surface area contributed by atoms with E-state index in [1.807, 2.05) is 0 Å². The molecule has 1 saturated heterocycles. The summed E-state index contributed by atoms with van der Waals surface area (Å²) in [5.74, 6) is 0. The molecular formula is C13H25NO2. The molecule has 0 aromatic rings. The van der Waals surface area contributed by atoms with Gasteiger partial charge in [0.25, 0.3) is 0 Å². The third-order valence-electron chi connectivity index (χ3n) is 4.22. The van der Waals surface area contributed by atoms with Crippen molar-refractivity contribution in [2.24, 2.45) is 0 Å². The van der Waals surface area contributed by atoms with E-state index < -0.39 is 5.60 Å². The van der Waals surface area contributed by atoms with Gasteiger partial charge >= 0.3 is 0 Å². The van der Waals surface area contributed by atoms with Gasteiger partial charge in [-0.25, -0.2) is 0 Å². The summed E-state index contributed by atoms with van der Waals surface area (Å²) in [6, 6.07) is 0. The van der Waals surface area contributed by atoms with Gasteiger partial charge in [0.15, 0.2) is 0 Å². The molecule has 0 aromatic heterocycles. The Morgan fingerprint density at radius 2 is 1.69 bits per heavy atom. The number of hydrogen-bond donors (Lipinski definition) is 2. The first kappa shape index (κ1) is 12.3. The lowest BCUT2D eigenvalue weighted by Crippen LogP contribution is -2.53. The van der Waals surface area contributed by atoms with Gasteiger partial charge in [-0.2, -0.15) is 0 Å². The van der Waals surface area contributed by atoms with E-state index in [0.717, 1.165) is 45.4 Å². The molecule has 1 saturated carbocycles. The highest BCUT2D eigenvalue weighted by Crippen LogP contribution is 2.29. The average molecular weight is 227 g/mol. The second-order valence-corrected chi connectivity index (χ2v) is 5.81. The molecule has 2 N–H and O–H groups in total. The van der Waals surface area contributed by atoms with Crippen LogP contribution in [0.3, 0.4) is 0 Å². The molecule has 94 valence electrons. The molecule has 0 aromatic carbocycles. The van der Waals surface area contributed by atoms with Gasteiger partial charge in [-0.15, -0.1) is 0 Å². The van der Waals surface area contributed by atoms with Gasteiger partial charge < -0.3 is 15.2 Å². The molecule has 0 amide bonds. The summed E-state index contributed by atoms with van der Waals surface area (Å²) in [4.78, 5) is 0. The first-order chi connectivity index (χ1) is 7.62. The fraction of sp³-hybridized carbons (Fsp3) is 1.00. The van der Waals surface area contributed by atoms with Crippen LogP contribution in [0.25, 0.3) is 0 Å². The molecule has 3 heteroatoms. The van der Waals surface area contributed by atoms with Crippen LogP contribution in [0.5, 0.6) is 0 Å². The average Bonchev–Trinajstić information content (AvgIpc) is 2.29. The second-order valence-electron chi connectivity index (χ2n) is 5.81. The van der Waals surface area contributed by atoms with Crippen molar-refractivity contribution in [3.05, 3.63) is 0 Å². The van der Waals surface area contributed by atoms with E-state index in [4.69, 9.17) is 4.74 Å². The zero-order chi connectivity index (χ0) is 11.5. The van der Waals surface area contributed by atoms with E-state index in [1.165, 1.54) is 19.3 Å². The van der Waals surface area contributed by atoms with Crippen LogP contribution in [0, 0.1) is 0 Å². The van der Waals surface area contributed by atoms with Crippen LogP contribution in [-0.2, 0) is 4.74 Å². The highest BCUT2D eigenvalue weighted by Gasteiger charge is 2.33. The van der Waals surface area contributed by atoms with Crippen molar-refractivity contribution in [2.45, 2.75) is 63.0 Å². The highest BCUT2D eigenvalue weighted by atomic mass is 16.5. The molecule has 1 aliphatic heterocycles. The van der Waals surface area contributed by atoms with Gasteiger partial charge in [0.05, 0.1) is 5.60 Å². The largest absolute Gasteiger partial charge is 0.389 e. The SMILES string of the molecule is CC1(NCC2(O)CCCCC2)CCOCC1. The number of ether oxygens (including phenoxy) is 1. The van der Waals surface area contributed by atoms with E-state index in [0.29, 0.717) is 0 Å². The van der Waals surface area contributed by atoms with Crippen molar-refractivity contribution in [3.8, 4) is 0 Å². The van der Waals surface area contributed by atoms with E-state index in [1.54, 1.807) is 0 Å². The molecule has 1 heterocycles. The molecule has 0 spiro atoms. The second kappa shape index (κ2) is 5.03. The van der Waals surface area contributed by atoms with Gasteiger partial charge in [0.2, 0.25) is 0 Å². The summed E-state index contributed by atoms with van der Waals surface area (Å²) in [5, 5.41) is 14.0. The van der Waals surface area contributed by atoms with Crippen LogP contribution in [-0.4, -0.2) is 36.0 Å². The zero-order valence-corrected chi connectivity index (χ0v) is 10.4. The van der Waals surface area contributed by atoms with E-state index in [9.17, 15) is 5.11 Å². The Labute approximate surface area is 98.6 Å². The van der Waals surface area contributed by atoms with Gasteiger partial charge in [0.1, 0.15) is 0 Å². The quantitative estimate of drug-likeness (QED) is 0.773. The Morgan fingerprint density at radius 3 is 2.31 bits per heavy atom. The summed E-state index contributed by atoms with van der Waals surface area (Å²) in [5.41, 5.74) is -0.273. The van der Waals surface area contributed by atoms with Gasteiger partial charge in [-0.3, -0.25) is 0 Å². The minimum Gasteiger partial charge on any atom is -0.389 e. The molecule has 2 fully saturated rings. The first-order valence-corrected chi connectivity index (χ1v) is 6.67. The van der Waals surface area contributed by atoms with Gasteiger partial charge in [0, 0.05) is 25.3 Å². The molecule has 0 bridgehead atoms. The standard InChI is InChI=1S/C13H25NO2/c1-12(7-9-16-10-8-12)14-11-13(15)5-3-2-4-6-13/h14-15H,2-11H2,1H3. The molecule has 2 aliphatic rings. The number of aliphatic hydroxyl groups is 1. The van der Waals surface area contributed by atoms with Crippen LogP contribution < -0.4 is 5.32 Å². The summed E-state index contributed by atoms with van der Waals surface area (Å²) in [6.07, 6.45) is 7.69. The summed E-state index contributed by atoms with van der Waals surface area (Å²) in [6.45, 7) is 4.70. The predicted molar refractivity (Wildman–Crippen MR) is 64.5 cm³/mol. The number of hydrogen-bond acceptors (Lipinski definition) is 3. The summed E-state index contributed by atoms with van der Waals surface area (Å²) in [7, 11) is 0. The van der Waals surface area contributed by atoms with Crippen LogP contribution in [0.2, 0.25) is 0 Å². The topological polar surface area (TPSA) is 41.5 Å². The molecule has 0 unspecified atom stereocenters. The van der Waals surface area contributed by atoms with E-state index >= 15 is 0 Å². The first-order valence-electron chi connectivity index (χ1n) is 6.67. The lowest BCUT2D eigenvalue weighted by atomic mass is 9.83. The number of nitrogens with one attached hydrogen (secondary N) is 1. The molecule has 16 heavy (non-hydrogen) atoms. The van der Waals surface area contributed by atoms with E-state index in [2.05, 4.69) is 12.2 Å². The molecule has 0 atom stereocenters. The monoisotopic (exact) mass is 227 g/mol.